The van der Waals surface area contributed by atoms with Crippen LogP contribution in [0.15, 0.2) is 47.4 Å². The zero-order chi connectivity index (χ0) is 31.7. The Bertz CT molecular complexity index is 1670. The van der Waals surface area contributed by atoms with E-state index in [1.165, 1.54) is 5.56 Å². The standard InChI is InChI=1S/C33H45N7O4S.2ClH/c1-3-23(19-24-5-4-6-28(20-24)45(43,44)39-16-11-27(34)12-17-39)22-38-14-9-25(10-15-38)26-7-8-29-30(21-26)37(2)36-32(29)40-18-13-31(41)35-33(40)42;;/h4-8,20-21,23,25,27H,3,9-19,22,34H2,1-2H3,(H,35,41,42);2*1H. The number of anilines is 1. The van der Waals surface area contributed by atoms with Crippen molar-refractivity contribution in [3.8, 4) is 0 Å². The largest absolute Gasteiger partial charge is 0.329 e. The van der Waals surface area contributed by atoms with Crippen LogP contribution in [0, 0.1) is 5.92 Å². The summed E-state index contributed by atoms with van der Waals surface area (Å²) in [6.45, 7) is 6.55. The number of nitrogens with two attached hydrogens (primary N) is 1. The molecule has 0 aliphatic carbocycles. The summed E-state index contributed by atoms with van der Waals surface area (Å²) in [5.74, 6) is 1.23. The molecule has 0 saturated carbocycles. The van der Waals surface area contributed by atoms with Crippen LogP contribution in [0.5, 0.6) is 0 Å². The Kier molecular flexibility index (Phi) is 12.3. The number of hydrogen-bond acceptors (Lipinski definition) is 7. The molecule has 1 atom stereocenters. The molecule has 3 fully saturated rings. The smallest absolute Gasteiger partial charge is 0.328 e. The van der Waals surface area contributed by atoms with Gasteiger partial charge >= 0.3 is 6.03 Å². The second kappa shape index (κ2) is 15.7. The minimum absolute atomic E-state index is 0. The highest BCUT2D eigenvalue weighted by Crippen LogP contribution is 2.34. The van der Waals surface area contributed by atoms with E-state index < -0.39 is 16.1 Å². The first-order chi connectivity index (χ1) is 21.6. The van der Waals surface area contributed by atoms with Crippen molar-refractivity contribution in [1.29, 1.82) is 0 Å². The SMILES string of the molecule is CCC(Cc1cccc(S(=O)(=O)N2CCC(N)CC2)c1)CN1CCC(c2ccc3c(N4CCC(=O)NC4=O)nn(C)c3c2)CC1.Cl.Cl. The summed E-state index contributed by atoms with van der Waals surface area (Å²) < 4.78 is 30.0. The third-order valence-corrected chi connectivity index (χ3v) is 11.8. The van der Waals surface area contributed by atoms with Gasteiger partial charge in [-0.25, -0.2) is 13.2 Å². The van der Waals surface area contributed by atoms with Crippen LogP contribution in [0.1, 0.15) is 62.5 Å². The van der Waals surface area contributed by atoms with Gasteiger partial charge in [-0.1, -0.05) is 31.5 Å². The van der Waals surface area contributed by atoms with Gasteiger partial charge in [0.1, 0.15) is 0 Å². The Morgan fingerprint density at radius 3 is 2.38 bits per heavy atom. The fraction of sp³-hybridized carbons (Fsp3) is 0.545. The number of nitrogens with one attached hydrogen (secondary N) is 1. The maximum Gasteiger partial charge on any atom is 0.329 e. The summed E-state index contributed by atoms with van der Waals surface area (Å²) in [6, 6.07) is 13.6. The van der Waals surface area contributed by atoms with Crippen LogP contribution in [-0.2, 0) is 28.3 Å². The van der Waals surface area contributed by atoms with Crippen LogP contribution in [-0.4, -0.2) is 84.7 Å². The number of hydrogen-bond donors (Lipinski definition) is 2. The van der Waals surface area contributed by atoms with Crippen molar-refractivity contribution in [2.24, 2.45) is 18.7 Å². The van der Waals surface area contributed by atoms with Gasteiger partial charge in [0.2, 0.25) is 15.9 Å². The van der Waals surface area contributed by atoms with Gasteiger partial charge in [-0.15, -0.1) is 24.8 Å². The molecule has 3 aliphatic heterocycles. The lowest BCUT2D eigenvalue weighted by Crippen LogP contribution is -2.49. The molecule has 4 heterocycles. The first kappa shape index (κ1) is 37.1. The van der Waals surface area contributed by atoms with Gasteiger partial charge in [0.15, 0.2) is 5.82 Å². The van der Waals surface area contributed by atoms with Crippen molar-refractivity contribution < 1.29 is 18.0 Å². The molecule has 0 radical (unpaired) electrons. The monoisotopic (exact) mass is 707 g/mol. The fourth-order valence-corrected chi connectivity index (χ4v) is 8.60. The Hall–Kier alpha value is -2.74. The number of amides is 3. The second-order valence-electron chi connectivity index (χ2n) is 12.9. The summed E-state index contributed by atoms with van der Waals surface area (Å²) in [5, 5.41) is 7.93. The number of benzene rings is 2. The van der Waals surface area contributed by atoms with Crippen molar-refractivity contribution >= 4 is 63.5 Å². The Morgan fingerprint density at radius 1 is 0.979 bits per heavy atom. The Labute approximate surface area is 290 Å². The number of aryl methyl sites for hydroxylation is 1. The predicted molar refractivity (Wildman–Crippen MR) is 189 cm³/mol. The zero-order valence-electron chi connectivity index (χ0n) is 27.1. The highest BCUT2D eigenvalue weighted by Gasteiger charge is 2.30. The minimum Gasteiger partial charge on any atom is -0.328 e. The van der Waals surface area contributed by atoms with Crippen LogP contribution in [0.3, 0.4) is 0 Å². The maximum absolute atomic E-state index is 13.3. The molecule has 3 amide bonds. The van der Waals surface area contributed by atoms with Gasteiger partial charge < -0.3 is 10.6 Å². The molecule has 2 aromatic carbocycles. The quantitative estimate of drug-likeness (QED) is 0.336. The number of carbonyl (C=O) groups is 2. The van der Waals surface area contributed by atoms with Crippen molar-refractivity contribution in [1.82, 2.24) is 24.3 Å². The Morgan fingerprint density at radius 2 is 1.70 bits per heavy atom. The lowest BCUT2D eigenvalue weighted by atomic mass is 9.88. The summed E-state index contributed by atoms with van der Waals surface area (Å²) in [6.07, 6.45) is 5.69. The minimum atomic E-state index is -3.51. The third-order valence-electron chi connectivity index (χ3n) is 9.88. The summed E-state index contributed by atoms with van der Waals surface area (Å²) in [5.41, 5.74) is 9.34. The molecule has 3 saturated heterocycles. The van der Waals surface area contributed by atoms with Crippen LogP contribution in [0.25, 0.3) is 10.9 Å². The van der Waals surface area contributed by atoms with E-state index in [0.29, 0.717) is 55.0 Å². The van der Waals surface area contributed by atoms with E-state index in [0.717, 1.165) is 61.8 Å². The number of nitrogens with zero attached hydrogens (tertiary/aromatic N) is 5. The molecular formula is C33H47Cl2N7O4S. The molecule has 3 aliphatic rings. The highest BCUT2D eigenvalue weighted by atomic mass is 35.5. The molecule has 14 heteroatoms. The first-order valence-corrected chi connectivity index (χ1v) is 17.7. The lowest BCUT2D eigenvalue weighted by Gasteiger charge is -2.34. The molecule has 3 aromatic rings. The molecule has 258 valence electrons. The van der Waals surface area contributed by atoms with E-state index in [1.807, 2.05) is 23.9 Å². The number of imide groups is 1. The van der Waals surface area contributed by atoms with Crippen molar-refractivity contribution in [2.45, 2.75) is 68.7 Å². The molecule has 47 heavy (non-hydrogen) atoms. The van der Waals surface area contributed by atoms with Gasteiger partial charge in [-0.05, 0) is 92.4 Å². The van der Waals surface area contributed by atoms with Crippen molar-refractivity contribution in [2.75, 3.05) is 44.2 Å². The zero-order valence-corrected chi connectivity index (χ0v) is 29.6. The molecule has 1 aromatic heterocycles. The number of fused-ring (bicyclic) bond motifs is 1. The van der Waals surface area contributed by atoms with Crippen LogP contribution < -0.4 is 16.0 Å². The van der Waals surface area contributed by atoms with E-state index in [1.54, 1.807) is 15.3 Å². The maximum atomic E-state index is 13.3. The number of carbonyl (C=O) groups excluding carboxylic acids is 2. The molecule has 1 unspecified atom stereocenters. The number of rotatable bonds is 9. The Balaban J connectivity index is 0.00000250. The van der Waals surface area contributed by atoms with Crippen LogP contribution in [0.2, 0.25) is 0 Å². The van der Waals surface area contributed by atoms with E-state index in [2.05, 4.69) is 46.5 Å². The predicted octanol–water partition coefficient (Wildman–Crippen LogP) is 4.42. The third kappa shape index (κ3) is 8.12. The van der Waals surface area contributed by atoms with E-state index in [4.69, 9.17) is 5.73 Å². The topological polar surface area (TPSA) is 134 Å². The van der Waals surface area contributed by atoms with Gasteiger partial charge in [0, 0.05) is 51.1 Å². The van der Waals surface area contributed by atoms with E-state index in [-0.39, 0.29) is 43.2 Å². The number of sulfonamides is 1. The number of urea groups is 1. The van der Waals surface area contributed by atoms with Crippen LogP contribution >= 0.6 is 24.8 Å². The van der Waals surface area contributed by atoms with Gasteiger partial charge in [-0.2, -0.15) is 9.40 Å². The molecular weight excluding hydrogens is 661 g/mol. The highest BCUT2D eigenvalue weighted by molar-refractivity contribution is 7.89. The average Bonchev–Trinajstić information content (AvgIpc) is 3.36. The molecule has 6 rings (SSSR count). The van der Waals surface area contributed by atoms with Crippen LogP contribution in [0.4, 0.5) is 10.6 Å². The van der Waals surface area contributed by atoms with Crippen molar-refractivity contribution in [3.63, 3.8) is 0 Å². The molecule has 0 spiro atoms. The van der Waals surface area contributed by atoms with E-state index in [9.17, 15) is 18.0 Å². The van der Waals surface area contributed by atoms with E-state index >= 15 is 0 Å². The normalized spacial score (nSPS) is 19.7. The summed E-state index contributed by atoms with van der Waals surface area (Å²) in [7, 11) is -1.61. The second-order valence-corrected chi connectivity index (χ2v) is 14.9. The average molecular weight is 709 g/mol. The molecule has 0 bridgehead atoms. The number of likely N-dealkylation sites (tertiary alicyclic amines) is 1. The van der Waals surface area contributed by atoms with Gasteiger partial charge in [-0.3, -0.25) is 19.7 Å². The fourth-order valence-electron chi connectivity index (χ4n) is 7.06. The van der Waals surface area contributed by atoms with Gasteiger partial charge in [0.05, 0.1) is 10.4 Å². The summed E-state index contributed by atoms with van der Waals surface area (Å²) >= 11 is 0. The number of halogens is 2. The first-order valence-electron chi connectivity index (χ1n) is 16.3. The molecule has 3 N–H and O–H groups in total. The number of aromatic nitrogens is 2. The number of piperidine rings is 2. The summed E-state index contributed by atoms with van der Waals surface area (Å²) in [4.78, 5) is 28.5. The van der Waals surface area contributed by atoms with Gasteiger partial charge in [0.25, 0.3) is 0 Å². The van der Waals surface area contributed by atoms with Crippen molar-refractivity contribution in [3.05, 3.63) is 53.6 Å². The molecule has 11 nitrogen and oxygen atoms in total. The lowest BCUT2D eigenvalue weighted by molar-refractivity contribution is -0.120.